The SMILES string of the molecule is COc1ccc(CCC(=O)Nc2ncc(Cc3ccc(C)cc3)s2)cc1. The Morgan fingerprint density at radius 2 is 1.77 bits per heavy atom. The summed E-state index contributed by atoms with van der Waals surface area (Å²) in [7, 11) is 1.64. The molecule has 1 heterocycles. The van der Waals surface area contributed by atoms with Crippen LogP contribution >= 0.6 is 11.3 Å². The second-order valence-electron chi connectivity index (χ2n) is 6.19. The molecule has 0 spiro atoms. The molecule has 2 aromatic carbocycles. The molecular weight excluding hydrogens is 344 g/mol. The Kier molecular flexibility index (Phi) is 6.02. The lowest BCUT2D eigenvalue weighted by molar-refractivity contribution is -0.116. The van der Waals surface area contributed by atoms with E-state index in [-0.39, 0.29) is 5.91 Å². The maximum absolute atomic E-state index is 12.1. The van der Waals surface area contributed by atoms with Crippen LogP contribution in [0, 0.1) is 6.92 Å². The minimum atomic E-state index is -0.0166. The van der Waals surface area contributed by atoms with Gasteiger partial charge >= 0.3 is 0 Å². The van der Waals surface area contributed by atoms with Crippen LogP contribution in [0.3, 0.4) is 0 Å². The topological polar surface area (TPSA) is 51.2 Å². The van der Waals surface area contributed by atoms with Crippen LogP contribution in [-0.4, -0.2) is 18.0 Å². The Bertz CT molecular complexity index is 854. The summed E-state index contributed by atoms with van der Waals surface area (Å²) in [5, 5.41) is 3.55. The predicted molar refractivity (Wildman–Crippen MR) is 106 cm³/mol. The number of carbonyl (C=O) groups excluding carboxylic acids is 1. The number of nitrogens with zero attached hydrogens (tertiary/aromatic N) is 1. The fraction of sp³-hybridized carbons (Fsp3) is 0.238. The maximum atomic E-state index is 12.1. The minimum Gasteiger partial charge on any atom is -0.497 e. The van der Waals surface area contributed by atoms with Crippen molar-refractivity contribution in [2.75, 3.05) is 12.4 Å². The van der Waals surface area contributed by atoms with Crippen molar-refractivity contribution >= 4 is 22.4 Å². The first-order valence-electron chi connectivity index (χ1n) is 8.55. The van der Waals surface area contributed by atoms with Gasteiger partial charge in [0.05, 0.1) is 7.11 Å². The lowest BCUT2D eigenvalue weighted by Crippen LogP contribution is -2.11. The Labute approximate surface area is 157 Å². The molecule has 0 aliphatic carbocycles. The van der Waals surface area contributed by atoms with Crippen LogP contribution in [0.1, 0.15) is 28.0 Å². The first-order chi connectivity index (χ1) is 12.6. The number of hydrogen-bond donors (Lipinski definition) is 1. The largest absolute Gasteiger partial charge is 0.497 e. The number of ether oxygens (including phenoxy) is 1. The van der Waals surface area contributed by atoms with Crippen LogP contribution < -0.4 is 10.1 Å². The molecule has 26 heavy (non-hydrogen) atoms. The number of aromatic nitrogens is 1. The van der Waals surface area contributed by atoms with Gasteiger partial charge in [0.25, 0.3) is 0 Å². The minimum absolute atomic E-state index is 0.0166. The third-order valence-electron chi connectivity index (χ3n) is 4.10. The van der Waals surface area contributed by atoms with Gasteiger partial charge in [-0.3, -0.25) is 4.79 Å². The van der Waals surface area contributed by atoms with Gasteiger partial charge < -0.3 is 10.1 Å². The maximum Gasteiger partial charge on any atom is 0.226 e. The van der Waals surface area contributed by atoms with Crippen LogP contribution in [0.4, 0.5) is 5.13 Å². The number of carbonyl (C=O) groups is 1. The molecule has 4 nitrogen and oxygen atoms in total. The van der Waals surface area contributed by atoms with E-state index in [4.69, 9.17) is 4.74 Å². The monoisotopic (exact) mass is 366 g/mol. The number of aryl methyl sites for hydroxylation is 2. The normalized spacial score (nSPS) is 10.5. The molecule has 0 fully saturated rings. The molecule has 0 atom stereocenters. The molecule has 0 aliphatic rings. The van der Waals surface area contributed by atoms with Crippen LogP contribution in [0.15, 0.2) is 54.7 Å². The van der Waals surface area contributed by atoms with Crippen LogP contribution in [0.25, 0.3) is 0 Å². The van der Waals surface area contributed by atoms with E-state index in [0.29, 0.717) is 18.0 Å². The number of benzene rings is 2. The van der Waals surface area contributed by atoms with E-state index in [1.54, 1.807) is 7.11 Å². The third-order valence-corrected chi connectivity index (χ3v) is 5.01. The highest BCUT2D eigenvalue weighted by atomic mass is 32.1. The van der Waals surface area contributed by atoms with Crippen molar-refractivity contribution < 1.29 is 9.53 Å². The zero-order valence-corrected chi connectivity index (χ0v) is 15.8. The molecular formula is C21H22N2O2S. The van der Waals surface area contributed by atoms with Gasteiger partial charge in [0.2, 0.25) is 5.91 Å². The van der Waals surface area contributed by atoms with Crippen molar-refractivity contribution in [2.45, 2.75) is 26.2 Å². The molecule has 1 N–H and O–H groups in total. The average molecular weight is 366 g/mol. The fourth-order valence-electron chi connectivity index (χ4n) is 2.59. The number of rotatable bonds is 7. The van der Waals surface area contributed by atoms with Gasteiger partial charge in [-0.25, -0.2) is 4.98 Å². The summed E-state index contributed by atoms with van der Waals surface area (Å²) in [4.78, 5) is 17.6. The van der Waals surface area contributed by atoms with Gasteiger partial charge in [-0.15, -0.1) is 11.3 Å². The molecule has 1 amide bonds. The molecule has 3 rings (SSSR count). The summed E-state index contributed by atoms with van der Waals surface area (Å²) in [6, 6.07) is 16.3. The van der Waals surface area contributed by atoms with Crippen molar-refractivity contribution in [3.05, 3.63) is 76.3 Å². The Balaban J connectivity index is 1.49. The van der Waals surface area contributed by atoms with Crippen molar-refractivity contribution in [1.29, 1.82) is 0 Å². The summed E-state index contributed by atoms with van der Waals surface area (Å²) in [6.07, 6.45) is 3.79. The van der Waals surface area contributed by atoms with E-state index in [1.165, 1.54) is 22.5 Å². The van der Waals surface area contributed by atoms with Crippen molar-refractivity contribution in [2.24, 2.45) is 0 Å². The number of nitrogens with one attached hydrogen (secondary N) is 1. The van der Waals surface area contributed by atoms with Gasteiger partial charge in [-0.05, 0) is 36.6 Å². The quantitative estimate of drug-likeness (QED) is 0.664. The Morgan fingerprint density at radius 1 is 1.08 bits per heavy atom. The fourth-order valence-corrected chi connectivity index (χ4v) is 3.45. The third kappa shape index (κ3) is 5.17. The van der Waals surface area contributed by atoms with Crippen LogP contribution in [-0.2, 0) is 17.6 Å². The van der Waals surface area contributed by atoms with Crippen molar-refractivity contribution in [3.63, 3.8) is 0 Å². The standard InChI is InChI=1S/C21H22N2O2S/c1-15-3-5-17(6-4-15)13-19-14-22-21(26-19)23-20(24)12-9-16-7-10-18(25-2)11-8-16/h3-8,10-11,14H,9,12-13H2,1-2H3,(H,22,23,24). The van der Waals surface area contributed by atoms with Crippen LogP contribution in [0.2, 0.25) is 0 Å². The molecule has 0 bridgehead atoms. The van der Waals surface area contributed by atoms with E-state index in [1.807, 2.05) is 30.5 Å². The molecule has 0 saturated heterocycles. The molecule has 1 aromatic heterocycles. The molecule has 134 valence electrons. The average Bonchev–Trinajstić information content (AvgIpc) is 3.09. The highest BCUT2D eigenvalue weighted by Crippen LogP contribution is 2.22. The van der Waals surface area contributed by atoms with E-state index in [9.17, 15) is 4.79 Å². The summed E-state index contributed by atoms with van der Waals surface area (Å²) >= 11 is 1.53. The summed E-state index contributed by atoms with van der Waals surface area (Å²) < 4.78 is 5.14. The molecule has 5 heteroatoms. The molecule has 0 saturated carbocycles. The number of thiazole rings is 1. The Morgan fingerprint density at radius 3 is 2.46 bits per heavy atom. The second kappa shape index (κ2) is 8.63. The summed E-state index contributed by atoms with van der Waals surface area (Å²) in [5.41, 5.74) is 3.61. The summed E-state index contributed by atoms with van der Waals surface area (Å²) in [6.45, 7) is 2.08. The first-order valence-corrected chi connectivity index (χ1v) is 9.37. The van der Waals surface area contributed by atoms with E-state index in [2.05, 4.69) is 41.5 Å². The zero-order valence-electron chi connectivity index (χ0n) is 15.0. The lowest BCUT2D eigenvalue weighted by atomic mass is 10.1. The van der Waals surface area contributed by atoms with Gasteiger partial charge in [-0.1, -0.05) is 42.0 Å². The second-order valence-corrected chi connectivity index (χ2v) is 7.31. The first kappa shape index (κ1) is 18.1. The number of amides is 1. The van der Waals surface area contributed by atoms with E-state index < -0.39 is 0 Å². The van der Waals surface area contributed by atoms with E-state index in [0.717, 1.165) is 22.6 Å². The van der Waals surface area contributed by atoms with Gasteiger partial charge in [0, 0.05) is 23.9 Å². The van der Waals surface area contributed by atoms with Crippen molar-refractivity contribution in [1.82, 2.24) is 4.98 Å². The summed E-state index contributed by atoms with van der Waals surface area (Å²) in [5.74, 6) is 0.805. The van der Waals surface area contributed by atoms with Crippen molar-refractivity contribution in [3.8, 4) is 5.75 Å². The van der Waals surface area contributed by atoms with Gasteiger partial charge in [0.1, 0.15) is 5.75 Å². The smallest absolute Gasteiger partial charge is 0.226 e. The van der Waals surface area contributed by atoms with Gasteiger partial charge in [0.15, 0.2) is 5.13 Å². The predicted octanol–water partition coefficient (Wildman–Crippen LogP) is 4.62. The number of anilines is 1. The highest BCUT2D eigenvalue weighted by Gasteiger charge is 2.08. The molecule has 0 aliphatic heterocycles. The van der Waals surface area contributed by atoms with E-state index >= 15 is 0 Å². The molecule has 0 unspecified atom stereocenters. The molecule has 0 radical (unpaired) electrons. The Hall–Kier alpha value is -2.66. The van der Waals surface area contributed by atoms with Crippen LogP contribution in [0.5, 0.6) is 5.75 Å². The number of methoxy groups -OCH3 is 1. The highest BCUT2D eigenvalue weighted by molar-refractivity contribution is 7.15. The zero-order chi connectivity index (χ0) is 18.4. The lowest BCUT2D eigenvalue weighted by Gasteiger charge is -2.04. The number of hydrogen-bond acceptors (Lipinski definition) is 4. The molecule has 3 aromatic rings. The van der Waals surface area contributed by atoms with Gasteiger partial charge in [-0.2, -0.15) is 0 Å².